The highest BCUT2D eigenvalue weighted by atomic mass is 127. The quantitative estimate of drug-likeness (QED) is 0.279. The number of nitrogens with zero attached hydrogens (tertiary/aromatic N) is 2. The van der Waals surface area contributed by atoms with E-state index in [2.05, 4.69) is 33.8 Å². The third-order valence-electron chi connectivity index (χ3n) is 5.13. The summed E-state index contributed by atoms with van der Waals surface area (Å²) in [6, 6.07) is 8.22. The van der Waals surface area contributed by atoms with E-state index in [1.54, 1.807) is 12.6 Å². The van der Waals surface area contributed by atoms with E-state index in [0.717, 1.165) is 44.1 Å². The SMILES string of the molecule is CN=C(NCCC1=CCCCC1)NCc1ccc(N2CCCC2=O)cc1.I. The normalized spacial score (nSPS) is 17.4. The lowest BCUT2D eigenvalue weighted by Gasteiger charge is -2.17. The van der Waals surface area contributed by atoms with Gasteiger partial charge in [0.05, 0.1) is 0 Å². The van der Waals surface area contributed by atoms with E-state index in [1.165, 1.54) is 31.2 Å². The Morgan fingerprint density at radius 2 is 1.93 bits per heavy atom. The number of aliphatic imine (C=N–C) groups is 1. The number of amides is 1. The summed E-state index contributed by atoms with van der Waals surface area (Å²) in [6.07, 6.45) is 10.3. The predicted octanol–water partition coefficient (Wildman–Crippen LogP) is 3.99. The topological polar surface area (TPSA) is 56.7 Å². The van der Waals surface area contributed by atoms with Crippen molar-refractivity contribution in [2.75, 3.05) is 25.0 Å². The average Bonchev–Trinajstić information content (AvgIpc) is 3.12. The van der Waals surface area contributed by atoms with Crippen LogP contribution < -0.4 is 15.5 Å². The molecule has 1 amide bonds. The molecule has 1 aromatic carbocycles. The van der Waals surface area contributed by atoms with Crippen LogP contribution in [0.1, 0.15) is 50.5 Å². The van der Waals surface area contributed by atoms with Crippen molar-refractivity contribution in [2.24, 2.45) is 4.99 Å². The summed E-state index contributed by atoms with van der Waals surface area (Å²) in [5.41, 5.74) is 3.75. The van der Waals surface area contributed by atoms with Gasteiger partial charge in [0, 0.05) is 38.8 Å². The fraction of sp³-hybridized carbons (Fsp3) is 0.524. The zero-order valence-corrected chi connectivity index (χ0v) is 18.5. The van der Waals surface area contributed by atoms with Gasteiger partial charge in [-0.15, -0.1) is 24.0 Å². The van der Waals surface area contributed by atoms with Crippen LogP contribution in [-0.4, -0.2) is 32.0 Å². The van der Waals surface area contributed by atoms with Crippen LogP contribution in [0.4, 0.5) is 5.69 Å². The van der Waals surface area contributed by atoms with Crippen LogP contribution in [0, 0.1) is 0 Å². The Morgan fingerprint density at radius 3 is 2.56 bits per heavy atom. The zero-order valence-electron chi connectivity index (χ0n) is 16.2. The molecule has 2 N–H and O–H groups in total. The molecule has 0 unspecified atom stereocenters. The summed E-state index contributed by atoms with van der Waals surface area (Å²) >= 11 is 0. The summed E-state index contributed by atoms with van der Waals surface area (Å²) in [6.45, 7) is 2.47. The minimum atomic E-state index is 0. The zero-order chi connectivity index (χ0) is 18.2. The molecule has 1 aliphatic heterocycles. The first-order valence-corrected chi connectivity index (χ1v) is 9.78. The third-order valence-corrected chi connectivity index (χ3v) is 5.13. The molecule has 0 aromatic heterocycles. The third kappa shape index (κ3) is 6.52. The van der Waals surface area contributed by atoms with Gasteiger partial charge in [-0.2, -0.15) is 0 Å². The van der Waals surface area contributed by atoms with Gasteiger partial charge in [-0.05, 0) is 56.2 Å². The van der Waals surface area contributed by atoms with Gasteiger partial charge in [0.25, 0.3) is 0 Å². The lowest BCUT2D eigenvalue weighted by molar-refractivity contribution is -0.117. The van der Waals surface area contributed by atoms with Crippen molar-refractivity contribution in [2.45, 2.75) is 51.5 Å². The van der Waals surface area contributed by atoms with Gasteiger partial charge < -0.3 is 15.5 Å². The van der Waals surface area contributed by atoms with Crippen molar-refractivity contribution in [3.63, 3.8) is 0 Å². The summed E-state index contributed by atoms with van der Waals surface area (Å²) in [5, 5.41) is 6.75. The van der Waals surface area contributed by atoms with Gasteiger partial charge in [0.2, 0.25) is 5.91 Å². The number of carbonyl (C=O) groups is 1. The molecular weight excluding hydrogens is 451 g/mol. The van der Waals surface area contributed by atoms with Crippen LogP contribution in [0.25, 0.3) is 0 Å². The monoisotopic (exact) mass is 482 g/mol. The van der Waals surface area contributed by atoms with Gasteiger partial charge in [0.15, 0.2) is 5.96 Å². The van der Waals surface area contributed by atoms with Crippen molar-refractivity contribution in [3.05, 3.63) is 41.5 Å². The van der Waals surface area contributed by atoms with Crippen molar-refractivity contribution < 1.29 is 4.79 Å². The molecule has 0 spiro atoms. The molecule has 0 bridgehead atoms. The lowest BCUT2D eigenvalue weighted by atomic mass is 9.97. The maximum atomic E-state index is 11.8. The van der Waals surface area contributed by atoms with Gasteiger partial charge in [-0.3, -0.25) is 9.79 Å². The van der Waals surface area contributed by atoms with E-state index in [0.29, 0.717) is 6.42 Å². The lowest BCUT2D eigenvalue weighted by Crippen LogP contribution is -2.37. The summed E-state index contributed by atoms with van der Waals surface area (Å²) < 4.78 is 0. The first-order chi connectivity index (χ1) is 12.8. The molecule has 6 heteroatoms. The van der Waals surface area contributed by atoms with E-state index < -0.39 is 0 Å². The van der Waals surface area contributed by atoms with Crippen LogP contribution >= 0.6 is 24.0 Å². The number of anilines is 1. The fourth-order valence-corrected chi connectivity index (χ4v) is 3.59. The molecule has 1 saturated heterocycles. The Hall–Kier alpha value is -1.57. The molecule has 0 atom stereocenters. The molecule has 1 aromatic rings. The number of nitrogens with one attached hydrogen (secondary N) is 2. The minimum absolute atomic E-state index is 0. The number of benzene rings is 1. The summed E-state index contributed by atoms with van der Waals surface area (Å²) in [7, 11) is 1.80. The largest absolute Gasteiger partial charge is 0.356 e. The maximum Gasteiger partial charge on any atom is 0.227 e. The highest BCUT2D eigenvalue weighted by Gasteiger charge is 2.21. The standard InChI is InChI=1S/C21H30N4O.HI/c1-22-21(23-14-13-17-6-3-2-4-7-17)24-16-18-9-11-19(12-10-18)25-15-5-8-20(25)26;/h6,9-12H,2-5,7-8,13-16H2,1H3,(H2,22,23,24);1H. The van der Waals surface area contributed by atoms with Crippen molar-refractivity contribution in [3.8, 4) is 0 Å². The van der Waals surface area contributed by atoms with Gasteiger partial charge >= 0.3 is 0 Å². The minimum Gasteiger partial charge on any atom is -0.356 e. The van der Waals surface area contributed by atoms with Gasteiger partial charge in [-0.1, -0.05) is 23.8 Å². The Bertz CT molecular complexity index is 669. The van der Waals surface area contributed by atoms with Crippen LogP contribution in [0.3, 0.4) is 0 Å². The number of rotatable bonds is 6. The Morgan fingerprint density at radius 1 is 1.11 bits per heavy atom. The molecule has 0 saturated carbocycles. The van der Waals surface area contributed by atoms with Crippen LogP contribution in [0.2, 0.25) is 0 Å². The molecule has 5 nitrogen and oxygen atoms in total. The number of allylic oxidation sites excluding steroid dienone is 1. The van der Waals surface area contributed by atoms with E-state index in [4.69, 9.17) is 0 Å². The molecule has 3 rings (SSSR count). The van der Waals surface area contributed by atoms with E-state index in [9.17, 15) is 4.79 Å². The number of guanidine groups is 1. The molecule has 1 fully saturated rings. The second kappa shape index (κ2) is 11.3. The maximum absolute atomic E-state index is 11.8. The fourth-order valence-electron chi connectivity index (χ4n) is 3.59. The van der Waals surface area contributed by atoms with E-state index in [-0.39, 0.29) is 29.9 Å². The van der Waals surface area contributed by atoms with Crippen molar-refractivity contribution in [1.29, 1.82) is 0 Å². The van der Waals surface area contributed by atoms with E-state index >= 15 is 0 Å². The van der Waals surface area contributed by atoms with Crippen LogP contribution in [0.5, 0.6) is 0 Å². The highest BCUT2D eigenvalue weighted by molar-refractivity contribution is 14.0. The van der Waals surface area contributed by atoms with Crippen LogP contribution in [0.15, 0.2) is 40.9 Å². The number of halogens is 1. The molecular formula is C21H31IN4O. The second-order valence-electron chi connectivity index (χ2n) is 7.03. The Balaban J connectivity index is 0.00000261. The molecule has 1 heterocycles. The molecule has 148 valence electrons. The number of carbonyl (C=O) groups excluding carboxylic acids is 1. The Labute approximate surface area is 179 Å². The molecule has 1 aliphatic carbocycles. The average molecular weight is 482 g/mol. The first kappa shape index (κ1) is 21.7. The van der Waals surface area contributed by atoms with Crippen molar-refractivity contribution >= 4 is 41.5 Å². The molecule has 27 heavy (non-hydrogen) atoms. The summed E-state index contributed by atoms with van der Waals surface area (Å²) in [4.78, 5) is 18.0. The summed E-state index contributed by atoms with van der Waals surface area (Å²) in [5.74, 6) is 1.06. The first-order valence-electron chi connectivity index (χ1n) is 9.78. The molecule has 0 radical (unpaired) electrons. The molecule has 2 aliphatic rings. The Kier molecular flexibility index (Phi) is 9.10. The van der Waals surface area contributed by atoms with Gasteiger partial charge in [-0.25, -0.2) is 0 Å². The van der Waals surface area contributed by atoms with Crippen molar-refractivity contribution in [1.82, 2.24) is 10.6 Å². The van der Waals surface area contributed by atoms with Gasteiger partial charge in [0.1, 0.15) is 0 Å². The second-order valence-corrected chi connectivity index (χ2v) is 7.03. The highest BCUT2D eigenvalue weighted by Crippen LogP contribution is 2.21. The number of hydrogen-bond donors (Lipinski definition) is 2. The predicted molar refractivity (Wildman–Crippen MR) is 123 cm³/mol. The van der Waals surface area contributed by atoms with E-state index in [1.807, 2.05) is 17.0 Å². The smallest absolute Gasteiger partial charge is 0.227 e. The van der Waals surface area contributed by atoms with Crippen LogP contribution in [-0.2, 0) is 11.3 Å². The number of hydrogen-bond acceptors (Lipinski definition) is 2.